The van der Waals surface area contributed by atoms with Crippen LogP contribution in [0.5, 0.6) is 0 Å². The Kier molecular flexibility index (Phi) is 5.97. The van der Waals surface area contributed by atoms with Crippen molar-refractivity contribution in [1.29, 1.82) is 0 Å². The second-order valence-electron chi connectivity index (χ2n) is 6.07. The fraction of sp³-hybridized carbons (Fsp3) is 0.625. The summed E-state index contributed by atoms with van der Waals surface area (Å²) in [6.07, 6.45) is 0.846. The van der Waals surface area contributed by atoms with Crippen molar-refractivity contribution in [1.82, 2.24) is 4.72 Å². The van der Waals surface area contributed by atoms with Gasteiger partial charge in [-0.2, -0.15) is 0 Å². The molecule has 6 heteroatoms. The minimum Gasteiger partial charge on any atom is -0.370 e. The molecule has 1 heterocycles. The lowest BCUT2D eigenvalue weighted by Crippen LogP contribution is -3.14. The number of aryl methyl sites for hydroxylation is 3. The van der Waals surface area contributed by atoms with E-state index >= 15 is 0 Å². The molecule has 0 aromatic heterocycles. The van der Waals surface area contributed by atoms with Gasteiger partial charge in [-0.3, -0.25) is 0 Å². The van der Waals surface area contributed by atoms with Crippen LogP contribution in [-0.2, 0) is 14.8 Å². The third-order valence-corrected chi connectivity index (χ3v) is 5.88. The van der Waals surface area contributed by atoms with Gasteiger partial charge in [0.1, 0.15) is 13.1 Å². The van der Waals surface area contributed by atoms with E-state index in [1.807, 2.05) is 26.8 Å². The number of rotatable bonds is 6. The van der Waals surface area contributed by atoms with Crippen molar-refractivity contribution in [2.24, 2.45) is 0 Å². The normalized spacial score (nSPS) is 16.9. The molecule has 0 radical (unpaired) electrons. The summed E-state index contributed by atoms with van der Waals surface area (Å²) in [6.45, 7) is 10.9. The van der Waals surface area contributed by atoms with Crippen molar-refractivity contribution in [2.75, 3.05) is 39.4 Å². The predicted octanol–water partition coefficient (Wildman–Crippen LogP) is 0.195. The largest absolute Gasteiger partial charge is 0.370 e. The molecule has 0 bridgehead atoms. The average Bonchev–Trinajstić information content (AvgIpc) is 2.48. The van der Waals surface area contributed by atoms with Crippen LogP contribution in [0.15, 0.2) is 17.0 Å². The van der Waals surface area contributed by atoms with Crippen LogP contribution in [0.25, 0.3) is 0 Å². The zero-order chi connectivity index (χ0) is 16.2. The van der Waals surface area contributed by atoms with Crippen LogP contribution < -0.4 is 9.62 Å². The second-order valence-corrected chi connectivity index (χ2v) is 7.80. The van der Waals surface area contributed by atoms with E-state index in [9.17, 15) is 8.42 Å². The summed E-state index contributed by atoms with van der Waals surface area (Å²) in [5, 5.41) is 0. The van der Waals surface area contributed by atoms with Crippen LogP contribution >= 0.6 is 0 Å². The smallest absolute Gasteiger partial charge is 0.240 e. The average molecular weight is 327 g/mol. The topological polar surface area (TPSA) is 59.8 Å². The van der Waals surface area contributed by atoms with Gasteiger partial charge in [0, 0.05) is 13.0 Å². The molecule has 2 rings (SSSR count). The number of sulfonamides is 1. The summed E-state index contributed by atoms with van der Waals surface area (Å²) < 4.78 is 32.9. The summed E-state index contributed by atoms with van der Waals surface area (Å²) >= 11 is 0. The van der Waals surface area contributed by atoms with Crippen molar-refractivity contribution in [3.63, 3.8) is 0 Å². The molecule has 0 amide bonds. The predicted molar refractivity (Wildman–Crippen MR) is 86.8 cm³/mol. The lowest BCUT2D eigenvalue weighted by Gasteiger charge is -2.23. The molecule has 1 aliphatic heterocycles. The van der Waals surface area contributed by atoms with Gasteiger partial charge >= 0.3 is 0 Å². The molecule has 2 N–H and O–H groups in total. The molecule has 1 aromatic rings. The van der Waals surface area contributed by atoms with Crippen LogP contribution in [0.3, 0.4) is 0 Å². The highest BCUT2D eigenvalue weighted by atomic mass is 32.2. The third kappa shape index (κ3) is 4.52. The Labute approximate surface area is 133 Å². The molecule has 1 fully saturated rings. The van der Waals surface area contributed by atoms with Crippen LogP contribution in [0.4, 0.5) is 0 Å². The Morgan fingerprint density at radius 2 is 1.73 bits per heavy atom. The first-order chi connectivity index (χ1) is 10.4. The lowest BCUT2D eigenvalue weighted by atomic mass is 10.1. The summed E-state index contributed by atoms with van der Waals surface area (Å²) in [4.78, 5) is 1.89. The Bertz CT molecular complexity index is 608. The maximum absolute atomic E-state index is 12.4. The van der Waals surface area contributed by atoms with Crippen molar-refractivity contribution in [3.8, 4) is 0 Å². The minimum atomic E-state index is -3.42. The maximum atomic E-state index is 12.4. The molecule has 0 atom stereocenters. The Hall–Kier alpha value is -0.950. The van der Waals surface area contributed by atoms with Crippen LogP contribution in [0.2, 0.25) is 0 Å². The van der Waals surface area contributed by atoms with Gasteiger partial charge in [-0.25, -0.2) is 13.1 Å². The fourth-order valence-corrected chi connectivity index (χ4v) is 4.14. The van der Waals surface area contributed by atoms with Gasteiger partial charge in [-0.1, -0.05) is 6.07 Å². The van der Waals surface area contributed by atoms with E-state index in [1.54, 1.807) is 6.07 Å². The summed E-state index contributed by atoms with van der Waals surface area (Å²) in [6, 6.07) is 3.70. The van der Waals surface area contributed by atoms with Gasteiger partial charge < -0.3 is 9.64 Å². The molecule has 5 nitrogen and oxygen atoms in total. The zero-order valence-electron chi connectivity index (χ0n) is 13.7. The number of hydrogen-bond donors (Lipinski definition) is 2. The highest BCUT2D eigenvalue weighted by molar-refractivity contribution is 7.89. The molecule has 1 aliphatic rings. The summed E-state index contributed by atoms with van der Waals surface area (Å²) in [5.74, 6) is 0. The Morgan fingerprint density at radius 3 is 2.41 bits per heavy atom. The number of morpholine rings is 1. The molecule has 0 unspecified atom stereocenters. The molecule has 1 aromatic carbocycles. The molecular weight excluding hydrogens is 300 g/mol. The first-order valence-corrected chi connectivity index (χ1v) is 9.37. The first kappa shape index (κ1) is 17.4. The van der Waals surface area contributed by atoms with Crippen molar-refractivity contribution in [3.05, 3.63) is 28.8 Å². The minimum absolute atomic E-state index is 0.398. The molecule has 0 saturated carbocycles. The number of quaternary nitrogens is 1. The standard InChI is InChI=1S/C16H26N2O3S/c1-13-11-15(3)16(12-14(13)2)22(19,20)17-5-4-6-18-7-9-21-10-8-18/h11-12,17H,4-10H2,1-3H3/p+1. The highest BCUT2D eigenvalue weighted by Gasteiger charge is 2.18. The molecule has 124 valence electrons. The molecule has 22 heavy (non-hydrogen) atoms. The molecule has 1 saturated heterocycles. The zero-order valence-corrected chi connectivity index (χ0v) is 14.6. The van der Waals surface area contributed by atoms with E-state index in [0.717, 1.165) is 56.0 Å². The van der Waals surface area contributed by atoms with E-state index in [-0.39, 0.29) is 0 Å². The Balaban J connectivity index is 1.89. The molecule has 0 spiro atoms. The maximum Gasteiger partial charge on any atom is 0.240 e. The van der Waals surface area contributed by atoms with Crippen LogP contribution in [0.1, 0.15) is 23.1 Å². The van der Waals surface area contributed by atoms with Gasteiger partial charge in [0.25, 0.3) is 0 Å². The van der Waals surface area contributed by atoms with Crippen molar-refractivity contribution >= 4 is 10.0 Å². The van der Waals surface area contributed by atoms with E-state index in [0.29, 0.717) is 11.4 Å². The Morgan fingerprint density at radius 1 is 1.09 bits per heavy atom. The summed E-state index contributed by atoms with van der Waals surface area (Å²) in [5.41, 5.74) is 2.92. The number of hydrogen-bond acceptors (Lipinski definition) is 3. The first-order valence-electron chi connectivity index (χ1n) is 7.89. The van der Waals surface area contributed by atoms with Crippen molar-refractivity contribution in [2.45, 2.75) is 32.1 Å². The quantitative estimate of drug-likeness (QED) is 0.734. The number of benzene rings is 1. The molecule has 0 aliphatic carbocycles. The van der Waals surface area contributed by atoms with Crippen LogP contribution in [0, 0.1) is 20.8 Å². The van der Waals surface area contributed by atoms with E-state index in [2.05, 4.69) is 4.72 Å². The van der Waals surface area contributed by atoms with E-state index in [1.165, 1.54) is 4.90 Å². The van der Waals surface area contributed by atoms with Gasteiger partial charge in [0.15, 0.2) is 0 Å². The monoisotopic (exact) mass is 327 g/mol. The highest BCUT2D eigenvalue weighted by Crippen LogP contribution is 2.19. The fourth-order valence-electron chi connectivity index (χ4n) is 2.76. The van der Waals surface area contributed by atoms with Crippen molar-refractivity contribution < 1.29 is 18.1 Å². The number of ether oxygens (including phenoxy) is 1. The third-order valence-electron chi connectivity index (χ3n) is 4.28. The SMILES string of the molecule is Cc1cc(C)c(S(=O)(=O)NCCC[NH+]2CCOCC2)cc1C. The second kappa shape index (κ2) is 7.55. The van der Waals surface area contributed by atoms with Gasteiger partial charge in [0.2, 0.25) is 10.0 Å². The van der Waals surface area contributed by atoms with Gasteiger partial charge in [-0.15, -0.1) is 0 Å². The van der Waals surface area contributed by atoms with Gasteiger partial charge in [-0.05, 0) is 43.5 Å². The lowest BCUT2D eigenvalue weighted by molar-refractivity contribution is -0.908. The number of nitrogens with one attached hydrogen (secondary N) is 2. The van der Waals surface area contributed by atoms with E-state index in [4.69, 9.17) is 4.74 Å². The molecular formula is C16H27N2O3S+. The van der Waals surface area contributed by atoms with Gasteiger partial charge in [0.05, 0.1) is 24.7 Å². The summed E-state index contributed by atoms with van der Waals surface area (Å²) in [7, 11) is -3.42. The van der Waals surface area contributed by atoms with Crippen LogP contribution in [-0.4, -0.2) is 47.8 Å². The van der Waals surface area contributed by atoms with E-state index < -0.39 is 10.0 Å².